The van der Waals surface area contributed by atoms with E-state index in [0.717, 1.165) is 18.5 Å². The molecule has 0 saturated carbocycles. The zero-order valence-electron chi connectivity index (χ0n) is 9.09. The lowest BCUT2D eigenvalue weighted by Crippen LogP contribution is -2.33. The van der Waals surface area contributed by atoms with Gasteiger partial charge in [-0.2, -0.15) is 0 Å². The van der Waals surface area contributed by atoms with Gasteiger partial charge >= 0.3 is 0 Å². The smallest absolute Gasteiger partial charge is 0.0947 e. The molecule has 92 valence electrons. The van der Waals surface area contributed by atoms with Crippen LogP contribution in [-0.2, 0) is 6.54 Å². The van der Waals surface area contributed by atoms with Gasteiger partial charge in [-0.1, -0.05) is 0 Å². The Labute approximate surface area is 108 Å². The number of furan rings is 1. The monoisotopic (exact) mass is 264 g/mol. The van der Waals surface area contributed by atoms with Crippen molar-refractivity contribution in [3.8, 4) is 0 Å². The molecular formula is C11H18Cl2N2O. The van der Waals surface area contributed by atoms with Crippen molar-refractivity contribution in [1.82, 2.24) is 10.2 Å². The first kappa shape index (κ1) is 13.8. The van der Waals surface area contributed by atoms with E-state index in [4.69, 9.17) is 4.42 Å². The molecule has 2 atom stereocenters. The molecule has 2 saturated heterocycles. The van der Waals surface area contributed by atoms with Gasteiger partial charge in [0.1, 0.15) is 0 Å². The lowest BCUT2D eigenvalue weighted by atomic mass is 10.1. The fraction of sp³-hybridized carbons (Fsp3) is 0.636. The van der Waals surface area contributed by atoms with Crippen LogP contribution in [0.25, 0.3) is 0 Å². The number of nitrogens with zero attached hydrogens (tertiary/aromatic N) is 1. The largest absolute Gasteiger partial charge is 0.472 e. The zero-order valence-corrected chi connectivity index (χ0v) is 10.7. The van der Waals surface area contributed by atoms with E-state index in [1.165, 1.54) is 31.6 Å². The molecule has 0 aromatic carbocycles. The number of halogens is 2. The molecule has 1 aromatic rings. The van der Waals surface area contributed by atoms with E-state index in [9.17, 15) is 0 Å². The molecule has 3 nitrogen and oxygen atoms in total. The van der Waals surface area contributed by atoms with Crippen molar-refractivity contribution < 1.29 is 4.42 Å². The number of nitrogens with one attached hydrogen (secondary N) is 1. The van der Waals surface area contributed by atoms with Crippen molar-refractivity contribution in [1.29, 1.82) is 0 Å². The van der Waals surface area contributed by atoms with Crippen LogP contribution in [-0.4, -0.2) is 30.6 Å². The number of hydrogen-bond acceptors (Lipinski definition) is 3. The Bertz CT molecular complexity index is 305. The highest BCUT2D eigenvalue weighted by atomic mass is 35.5. The first-order valence-electron chi connectivity index (χ1n) is 5.39. The van der Waals surface area contributed by atoms with Crippen LogP contribution >= 0.6 is 24.8 Å². The molecule has 2 fully saturated rings. The number of fused-ring (bicyclic) bond motifs is 1. The third-order valence-electron chi connectivity index (χ3n) is 3.53. The van der Waals surface area contributed by atoms with Gasteiger partial charge in [0.05, 0.1) is 12.5 Å². The molecule has 2 aliphatic heterocycles. The first-order valence-corrected chi connectivity index (χ1v) is 5.39. The van der Waals surface area contributed by atoms with Crippen molar-refractivity contribution in [2.75, 3.05) is 19.6 Å². The Morgan fingerprint density at radius 3 is 3.00 bits per heavy atom. The van der Waals surface area contributed by atoms with Gasteiger partial charge in [-0.25, -0.2) is 0 Å². The van der Waals surface area contributed by atoms with Crippen LogP contribution in [0.2, 0.25) is 0 Å². The standard InChI is InChI=1S/C11H16N2O.2ClH/c1-3-13(7-9-2-4-14-8-9)11-6-12-5-10(1)11;;/h2,4,8,10-12H,1,3,5-7H2;2*1H/t10-,11+;;/m0../s1. The van der Waals surface area contributed by atoms with Crippen LogP contribution in [0.5, 0.6) is 0 Å². The average Bonchev–Trinajstić information content (AvgIpc) is 2.85. The average molecular weight is 265 g/mol. The second-order valence-corrected chi connectivity index (χ2v) is 4.38. The van der Waals surface area contributed by atoms with Crippen LogP contribution in [0.15, 0.2) is 23.0 Å². The van der Waals surface area contributed by atoms with E-state index in [1.54, 1.807) is 6.26 Å². The highest BCUT2D eigenvalue weighted by Gasteiger charge is 2.37. The molecule has 16 heavy (non-hydrogen) atoms. The SMILES string of the molecule is Cl.Cl.c1cc(CN2CC[C@H]3CNC[C@H]32)co1. The summed E-state index contributed by atoms with van der Waals surface area (Å²) in [5.41, 5.74) is 1.30. The van der Waals surface area contributed by atoms with Crippen molar-refractivity contribution in [3.05, 3.63) is 24.2 Å². The van der Waals surface area contributed by atoms with Crippen LogP contribution in [0, 0.1) is 5.92 Å². The topological polar surface area (TPSA) is 28.4 Å². The van der Waals surface area contributed by atoms with Crippen LogP contribution in [0.1, 0.15) is 12.0 Å². The van der Waals surface area contributed by atoms with Gasteiger partial charge in [-0.3, -0.25) is 4.90 Å². The van der Waals surface area contributed by atoms with Gasteiger partial charge in [0.2, 0.25) is 0 Å². The fourth-order valence-corrected chi connectivity index (χ4v) is 2.75. The molecule has 3 rings (SSSR count). The van der Waals surface area contributed by atoms with Gasteiger partial charge < -0.3 is 9.73 Å². The Kier molecular flexibility index (Phi) is 5.12. The highest BCUT2D eigenvalue weighted by molar-refractivity contribution is 5.85. The normalized spacial score (nSPS) is 28.2. The predicted molar refractivity (Wildman–Crippen MR) is 68.4 cm³/mol. The Balaban J connectivity index is 0.000000640. The van der Waals surface area contributed by atoms with Gasteiger partial charge in [0.15, 0.2) is 0 Å². The Morgan fingerprint density at radius 1 is 1.38 bits per heavy atom. The van der Waals surface area contributed by atoms with Gasteiger partial charge in [-0.05, 0) is 31.5 Å². The van der Waals surface area contributed by atoms with Gasteiger partial charge in [-0.15, -0.1) is 24.8 Å². The predicted octanol–water partition coefficient (Wildman–Crippen LogP) is 1.92. The summed E-state index contributed by atoms with van der Waals surface area (Å²) in [6.07, 6.45) is 4.97. The first-order chi connectivity index (χ1) is 6.93. The fourth-order valence-electron chi connectivity index (χ4n) is 2.75. The molecule has 0 bridgehead atoms. The number of rotatable bonds is 2. The minimum atomic E-state index is 0. The summed E-state index contributed by atoms with van der Waals surface area (Å²) in [5, 5.41) is 3.47. The third-order valence-corrected chi connectivity index (χ3v) is 3.53. The van der Waals surface area contributed by atoms with Crippen LogP contribution < -0.4 is 5.32 Å². The van der Waals surface area contributed by atoms with Crippen molar-refractivity contribution in [3.63, 3.8) is 0 Å². The molecule has 0 amide bonds. The maximum absolute atomic E-state index is 5.09. The molecule has 5 heteroatoms. The second-order valence-electron chi connectivity index (χ2n) is 4.38. The minimum absolute atomic E-state index is 0. The molecule has 0 radical (unpaired) electrons. The maximum atomic E-state index is 5.09. The summed E-state index contributed by atoms with van der Waals surface area (Å²) in [5.74, 6) is 0.891. The molecule has 1 N–H and O–H groups in total. The molecule has 0 unspecified atom stereocenters. The summed E-state index contributed by atoms with van der Waals surface area (Å²) in [7, 11) is 0. The van der Waals surface area contributed by atoms with Crippen molar-refractivity contribution in [2.45, 2.75) is 19.0 Å². The van der Waals surface area contributed by atoms with E-state index >= 15 is 0 Å². The van der Waals surface area contributed by atoms with Crippen molar-refractivity contribution in [2.24, 2.45) is 5.92 Å². The highest BCUT2D eigenvalue weighted by Crippen LogP contribution is 2.28. The van der Waals surface area contributed by atoms with Gasteiger partial charge in [0, 0.05) is 24.7 Å². The Morgan fingerprint density at radius 2 is 2.25 bits per heavy atom. The number of likely N-dealkylation sites (tertiary alicyclic amines) is 1. The van der Waals surface area contributed by atoms with E-state index in [-0.39, 0.29) is 24.8 Å². The molecule has 3 heterocycles. The summed E-state index contributed by atoms with van der Waals surface area (Å²) >= 11 is 0. The maximum Gasteiger partial charge on any atom is 0.0947 e. The summed E-state index contributed by atoms with van der Waals surface area (Å²) in [4.78, 5) is 2.58. The van der Waals surface area contributed by atoms with E-state index in [1.807, 2.05) is 6.26 Å². The van der Waals surface area contributed by atoms with E-state index in [2.05, 4.69) is 16.3 Å². The zero-order chi connectivity index (χ0) is 9.38. The molecule has 1 aromatic heterocycles. The third kappa shape index (κ3) is 2.54. The number of hydrogen-bond donors (Lipinski definition) is 1. The summed E-state index contributed by atoms with van der Waals surface area (Å²) in [6, 6.07) is 2.83. The Hall–Kier alpha value is -0.220. The van der Waals surface area contributed by atoms with Crippen LogP contribution in [0.3, 0.4) is 0 Å². The van der Waals surface area contributed by atoms with E-state index < -0.39 is 0 Å². The van der Waals surface area contributed by atoms with Crippen LogP contribution in [0.4, 0.5) is 0 Å². The summed E-state index contributed by atoms with van der Waals surface area (Å²) < 4.78 is 5.09. The molecule has 0 spiro atoms. The lowest BCUT2D eigenvalue weighted by Gasteiger charge is -2.22. The molecule has 0 aliphatic carbocycles. The minimum Gasteiger partial charge on any atom is -0.472 e. The molecule has 2 aliphatic rings. The van der Waals surface area contributed by atoms with Crippen molar-refractivity contribution >= 4 is 24.8 Å². The summed E-state index contributed by atoms with van der Waals surface area (Å²) in [6.45, 7) is 4.69. The van der Waals surface area contributed by atoms with Gasteiger partial charge in [0.25, 0.3) is 0 Å². The second kappa shape index (κ2) is 5.92. The quantitative estimate of drug-likeness (QED) is 0.885. The lowest BCUT2D eigenvalue weighted by molar-refractivity contribution is 0.243. The molecular weight excluding hydrogens is 247 g/mol. The van der Waals surface area contributed by atoms with E-state index in [0.29, 0.717) is 0 Å².